The first-order chi connectivity index (χ1) is 9.98. The summed E-state index contributed by atoms with van der Waals surface area (Å²) in [7, 11) is 1.38. The Morgan fingerprint density at radius 3 is 3.00 bits per heavy atom. The van der Waals surface area contributed by atoms with Gasteiger partial charge >= 0.3 is 11.9 Å². The van der Waals surface area contributed by atoms with Crippen LogP contribution in [0.3, 0.4) is 0 Å². The lowest BCUT2D eigenvalue weighted by molar-refractivity contribution is -0.145. The molecule has 0 aromatic rings. The molecule has 3 aliphatic rings. The van der Waals surface area contributed by atoms with Gasteiger partial charge in [0.1, 0.15) is 17.6 Å². The second-order valence-corrected chi connectivity index (χ2v) is 7.73. The van der Waals surface area contributed by atoms with E-state index in [2.05, 4.69) is 11.7 Å². The lowest BCUT2D eigenvalue weighted by Gasteiger charge is -2.44. The molecule has 1 aliphatic heterocycles. The second kappa shape index (κ2) is 5.47. The quantitative estimate of drug-likeness (QED) is 0.790. The van der Waals surface area contributed by atoms with E-state index in [0.717, 1.165) is 19.3 Å². The fourth-order valence-electron chi connectivity index (χ4n) is 4.34. The zero-order chi connectivity index (χ0) is 15.2. The van der Waals surface area contributed by atoms with Gasteiger partial charge in [-0.3, -0.25) is 9.59 Å². The van der Waals surface area contributed by atoms with Crippen LogP contribution in [-0.4, -0.2) is 46.9 Å². The van der Waals surface area contributed by atoms with Crippen LogP contribution in [0, 0.1) is 17.8 Å². The maximum Gasteiger partial charge on any atom is 0.313 e. The van der Waals surface area contributed by atoms with E-state index in [4.69, 9.17) is 4.74 Å². The molecule has 118 valence electrons. The van der Waals surface area contributed by atoms with Crippen LogP contribution in [-0.2, 0) is 19.1 Å². The second-order valence-electron chi connectivity index (χ2n) is 6.44. The van der Waals surface area contributed by atoms with E-state index in [1.54, 1.807) is 11.8 Å². The Morgan fingerprint density at radius 1 is 1.52 bits per heavy atom. The maximum absolute atomic E-state index is 12.2. The molecular weight excluding hydrogens is 292 g/mol. The number of carbonyl (C=O) groups excluding carboxylic acids is 2. The molecule has 2 aliphatic carbocycles. The smallest absolute Gasteiger partial charge is 0.313 e. The normalized spacial score (nSPS) is 44.3. The summed E-state index contributed by atoms with van der Waals surface area (Å²) >= 11 is 1.60. The van der Waals surface area contributed by atoms with Gasteiger partial charge in [-0.1, -0.05) is 6.92 Å². The van der Waals surface area contributed by atoms with E-state index in [1.165, 1.54) is 7.11 Å². The molecule has 0 amide bonds. The Morgan fingerprint density at radius 2 is 2.29 bits per heavy atom. The lowest BCUT2D eigenvalue weighted by atomic mass is 9.66. The molecule has 1 saturated heterocycles. The third kappa shape index (κ3) is 2.27. The molecule has 0 bridgehead atoms. The summed E-state index contributed by atoms with van der Waals surface area (Å²) in [6.07, 6.45) is 2.65. The van der Waals surface area contributed by atoms with Crippen LogP contribution < -0.4 is 0 Å². The molecule has 3 rings (SSSR count). The minimum absolute atomic E-state index is 0.0199. The lowest BCUT2D eigenvalue weighted by Crippen LogP contribution is -2.55. The molecule has 1 unspecified atom stereocenters. The third-order valence-electron chi connectivity index (χ3n) is 5.35. The standard InChI is InChI=1S/C15H22O5S/c1-8-7-9-3-4-10-15(9,18)12(14(17)20-10)13(8)21-6-5-11(16)19-2/h8-10,12-13,18H,3-7H2,1-2H3/t8-,9+,10+,12?,13+,15+/m0/s1. The van der Waals surface area contributed by atoms with Gasteiger partial charge < -0.3 is 14.6 Å². The number of hydrogen-bond acceptors (Lipinski definition) is 6. The molecule has 1 N–H and O–H groups in total. The van der Waals surface area contributed by atoms with Crippen LogP contribution >= 0.6 is 11.8 Å². The number of ether oxygens (including phenoxy) is 2. The molecule has 5 nitrogen and oxygen atoms in total. The van der Waals surface area contributed by atoms with Gasteiger partial charge in [-0.25, -0.2) is 0 Å². The molecule has 3 fully saturated rings. The molecule has 6 atom stereocenters. The number of aliphatic hydroxyl groups is 1. The molecule has 0 radical (unpaired) electrons. The summed E-state index contributed by atoms with van der Waals surface area (Å²) in [5.41, 5.74) is -0.980. The molecule has 0 aromatic carbocycles. The van der Waals surface area contributed by atoms with Crippen molar-refractivity contribution in [2.45, 2.75) is 49.6 Å². The van der Waals surface area contributed by atoms with Gasteiger partial charge in [0.25, 0.3) is 0 Å². The van der Waals surface area contributed by atoms with Crippen molar-refractivity contribution >= 4 is 23.7 Å². The summed E-state index contributed by atoms with van der Waals surface area (Å²) in [4.78, 5) is 23.5. The van der Waals surface area contributed by atoms with Crippen molar-refractivity contribution in [1.29, 1.82) is 0 Å². The van der Waals surface area contributed by atoms with Crippen LogP contribution in [0.1, 0.15) is 32.6 Å². The number of rotatable bonds is 4. The summed E-state index contributed by atoms with van der Waals surface area (Å²) in [5, 5.41) is 11.1. The van der Waals surface area contributed by atoms with Crippen molar-refractivity contribution in [3.63, 3.8) is 0 Å². The van der Waals surface area contributed by atoms with Gasteiger partial charge in [0.05, 0.1) is 13.5 Å². The number of carbonyl (C=O) groups is 2. The minimum Gasteiger partial charge on any atom is -0.469 e. The van der Waals surface area contributed by atoms with Gasteiger partial charge in [0.2, 0.25) is 0 Å². The first kappa shape index (κ1) is 15.2. The van der Waals surface area contributed by atoms with E-state index in [1.807, 2.05) is 0 Å². The molecule has 2 saturated carbocycles. The number of methoxy groups -OCH3 is 1. The van der Waals surface area contributed by atoms with Gasteiger partial charge in [-0.05, 0) is 31.1 Å². The van der Waals surface area contributed by atoms with Crippen molar-refractivity contribution in [3.05, 3.63) is 0 Å². The van der Waals surface area contributed by atoms with Crippen molar-refractivity contribution in [1.82, 2.24) is 0 Å². The molecule has 0 spiro atoms. The summed E-state index contributed by atoms with van der Waals surface area (Å²) in [5.74, 6) is 0.182. The van der Waals surface area contributed by atoms with Gasteiger partial charge in [0.15, 0.2) is 0 Å². The van der Waals surface area contributed by atoms with Crippen LogP contribution in [0.25, 0.3) is 0 Å². The molecular formula is C15H22O5S. The topological polar surface area (TPSA) is 72.8 Å². The monoisotopic (exact) mass is 314 g/mol. The zero-order valence-corrected chi connectivity index (χ0v) is 13.2. The average Bonchev–Trinajstić information content (AvgIpc) is 2.89. The van der Waals surface area contributed by atoms with Crippen LogP contribution in [0.2, 0.25) is 0 Å². The number of thioether (sulfide) groups is 1. The van der Waals surface area contributed by atoms with E-state index >= 15 is 0 Å². The van der Waals surface area contributed by atoms with Gasteiger partial charge in [-0.2, -0.15) is 11.8 Å². The van der Waals surface area contributed by atoms with E-state index in [-0.39, 0.29) is 29.2 Å². The Kier molecular flexibility index (Phi) is 3.94. The summed E-state index contributed by atoms with van der Waals surface area (Å²) in [6.45, 7) is 2.13. The predicted octanol–water partition coefficient (Wildman–Crippen LogP) is 1.37. The Labute approximate surface area is 128 Å². The fraction of sp³-hybridized carbons (Fsp3) is 0.867. The van der Waals surface area contributed by atoms with Crippen LogP contribution in [0.15, 0.2) is 0 Å². The van der Waals surface area contributed by atoms with Crippen molar-refractivity contribution in [2.75, 3.05) is 12.9 Å². The highest BCUT2D eigenvalue weighted by atomic mass is 32.2. The highest BCUT2D eigenvalue weighted by Gasteiger charge is 2.68. The highest BCUT2D eigenvalue weighted by molar-refractivity contribution is 8.00. The SMILES string of the molecule is COC(=O)CCS[C@H]1C2C(=O)O[C@@H]3CC[C@H](C[C@@H]1C)[C@]23O. The molecule has 21 heavy (non-hydrogen) atoms. The van der Waals surface area contributed by atoms with Crippen molar-refractivity contribution in [2.24, 2.45) is 17.8 Å². The van der Waals surface area contributed by atoms with Crippen LogP contribution in [0.5, 0.6) is 0 Å². The van der Waals surface area contributed by atoms with Gasteiger partial charge in [-0.15, -0.1) is 0 Å². The zero-order valence-electron chi connectivity index (χ0n) is 12.4. The first-order valence-corrected chi connectivity index (χ1v) is 8.64. The number of hydrogen-bond donors (Lipinski definition) is 1. The first-order valence-electron chi connectivity index (χ1n) is 7.59. The van der Waals surface area contributed by atoms with Crippen molar-refractivity contribution in [3.8, 4) is 0 Å². The number of esters is 2. The largest absolute Gasteiger partial charge is 0.469 e. The Balaban J connectivity index is 1.74. The van der Waals surface area contributed by atoms with Crippen molar-refractivity contribution < 1.29 is 24.2 Å². The highest BCUT2D eigenvalue weighted by Crippen LogP contribution is 2.58. The molecule has 1 heterocycles. The van der Waals surface area contributed by atoms with E-state index < -0.39 is 11.5 Å². The van der Waals surface area contributed by atoms with Crippen LogP contribution in [0.4, 0.5) is 0 Å². The van der Waals surface area contributed by atoms with E-state index in [0.29, 0.717) is 18.1 Å². The summed E-state index contributed by atoms with van der Waals surface area (Å²) in [6, 6.07) is 0. The molecule has 0 aromatic heterocycles. The summed E-state index contributed by atoms with van der Waals surface area (Å²) < 4.78 is 10.1. The molecule has 6 heteroatoms. The fourth-order valence-corrected chi connectivity index (χ4v) is 5.86. The Bertz CT molecular complexity index is 453. The third-order valence-corrected chi connectivity index (χ3v) is 6.91. The van der Waals surface area contributed by atoms with E-state index in [9.17, 15) is 14.7 Å². The maximum atomic E-state index is 12.2. The van der Waals surface area contributed by atoms with Gasteiger partial charge in [0, 0.05) is 11.0 Å². The minimum atomic E-state index is -0.980. The Hall–Kier alpha value is -0.750. The predicted molar refractivity (Wildman–Crippen MR) is 77.7 cm³/mol. The average molecular weight is 314 g/mol.